The first kappa shape index (κ1) is 10.3. The molecule has 0 unspecified atom stereocenters. The largest absolute Gasteiger partial charge is 0.295 e. The van der Waals surface area contributed by atoms with Crippen LogP contribution < -0.4 is 4.90 Å². The molecule has 0 atom stereocenters. The third kappa shape index (κ3) is 1.65. The fourth-order valence-corrected chi connectivity index (χ4v) is 1.50. The molecule has 1 aliphatic rings. The molecule has 0 aromatic heterocycles. The number of hydrogen-bond donors (Lipinski definition) is 0. The third-order valence-corrected chi connectivity index (χ3v) is 2.34. The van der Waals surface area contributed by atoms with Crippen LogP contribution in [-0.2, 0) is 9.59 Å². The highest BCUT2D eigenvalue weighted by atomic mass is 16.2. The van der Waals surface area contributed by atoms with Crippen molar-refractivity contribution >= 4 is 23.3 Å². The van der Waals surface area contributed by atoms with E-state index >= 15 is 0 Å². The first-order chi connectivity index (χ1) is 7.59. The van der Waals surface area contributed by atoms with E-state index in [4.69, 9.17) is 0 Å². The van der Waals surface area contributed by atoms with Crippen molar-refractivity contribution in [2.75, 3.05) is 4.90 Å². The van der Waals surface area contributed by atoms with Gasteiger partial charge in [0.15, 0.2) is 5.78 Å². The minimum atomic E-state index is -0.361. The van der Waals surface area contributed by atoms with Gasteiger partial charge in [0.25, 0.3) is 11.8 Å². The number of nitrogens with zero attached hydrogens (tertiary/aromatic N) is 1. The van der Waals surface area contributed by atoms with E-state index in [1.165, 1.54) is 19.1 Å². The number of carbonyl (C=O) groups is 3. The van der Waals surface area contributed by atoms with E-state index in [-0.39, 0.29) is 17.6 Å². The Morgan fingerprint density at radius 1 is 1.00 bits per heavy atom. The Balaban J connectivity index is 2.32. The zero-order valence-corrected chi connectivity index (χ0v) is 8.64. The molecule has 0 N–H and O–H groups in total. The van der Waals surface area contributed by atoms with E-state index in [0.717, 1.165) is 4.90 Å². The maximum atomic E-state index is 11.4. The highest BCUT2D eigenvalue weighted by molar-refractivity contribution is 6.28. The molecule has 4 heteroatoms. The molecule has 2 amide bonds. The van der Waals surface area contributed by atoms with Gasteiger partial charge in [0.1, 0.15) is 0 Å². The van der Waals surface area contributed by atoms with Crippen molar-refractivity contribution in [2.45, 2.75) is 6.92 Å². The van der Waals surface area contributed by atoms with Crippen LogP contribution in [-0.4, -0.2) is 17.6 Å². The van der Waals surface area contributed by atoms with Crippen molar-refractivity contribution in [3.8, 4) is 0 Å². The summed E-state index contributed by atoms with van der Waals surface area (Å²) in [5, 5.41) is 0. The third-order valence-electron chi connectivity index (χ3n) is 2.34. The second-order valence-corrected chi connectivity index (χ2v) is 3.45. The van der Waals surface area contributed by atoms with Crippen LogP contribution in [0.4, 0.5) is 5.69 Å². The van der Waals surface area contributed by atoms with Gasteiger partial charge >= 0.3 is 0 Å². The number of carbonyl (C=O) groups excluding carboxylic acids is 3. The number of ketones is 1. The summed E-state index contributed by atoms with van der Waals surface area (Å²) in [6.07, 6.45) is 2.45. The Labute approximate surface area is 92.2 Å². The lowest BCUT2D eigenvalue weighted by Crippen LogP contribution is -2.29. The maximum absolute atomic E-state index is 11.4. The lowest BCUT2D eigenvalue weighted by Gasteiger charge is -2.13. The molecule has 16 heavy (non-hydrogen) atoms. The first-order valence-electron chi connectivity index (χ1n) is 4.77. The molecule has 2 rings (SSSR count). The molecule has 1 aliphatic heterocycles. The van der Waals surface area contributed by atoms with Gasteiger partial charge in [-0.2, -0.15) is 0 Å². The highest BCUT2D eigenvalue weighted by Gasteiger charge is 2.24. The second kappa shape index (κ2) is 3.73. The molecule has 0 spiro atoms. The van der Waals surface area contributed by atoms with E-state index in [2.05, 4.69) is 0 Å². The van der Waals surface area contributed by atoms with Crippen molar-refractivity contribution in [3.05, 3.63) is 42.0 Å². The molecule has 0 fully saturated rings. The van der Waals surface area contributed by atoms with Gasteiger partial charge < -0.3 is 0 Å². The van der Waals surface area contributed by atoms with Crippen LogP contribution in [0.2, 0.25) is 0 Å². The summed E-state index contributed by atoms with van der Waals surface area (Å²) in [5.41, 5.74) is 1.03. The average molecular weight is 215 g/mol. The average Bonchev–Trinajstić information content (AvgIpc) is 2.59. The molecule has 80 valence electrons. The summed E-state index contributed by atoms with van der Waals surface area (Å²) < 4.78 is 0. The number of amides is 2. The monoisotopic (exact) mass is 215 g/mol. The Hall–Kier alpha value is -2.23. The van der Waals surface area contributed by atoms with Gasteiger partial charge in [-0.15, -0.1) is 0 Å². The predicted molar refractivity (Wildman–Crippen MR) is 58.1 cm³/mol. The van der Waals surface area contributed by atoms with E-state index in [9.17, 15) is 14.4 Å². The molecule has 0 saturated carbocycles. The molecule has 1 heterocycles. The molecule has 0 aliphatic carbocycles. The fraction of sp³-hybridized carbons (Fsp3) is 0.0833. The molecular weight excluding hydrogens is 206 g/mol. The van der Waals surface area contributed by atoms with Gasteiger partial charge in [-0.25, -0.2) is 4.90 Å². The summed E-state index contributed by atoms with van der Waals surface area (Å²) in [6, 6.07) is 6.35. The summed E-state index contributed by atoms with van der Waals surface area (Å²) in [7, 11) is 0. The van der Waals surface area contributed by atoms with E-state index < -0.39 is 0 Å². The van der Waals surface area contributed by atoms with E-state index in [1.807, 2.05) is 0 Å². The quantitative estimate of drug-likeness (QED) is 0.552. The maximum Gasteiger partial charge on any atom is 0.258 e. The molecular formula is C12H9NO3. The van der Waals surface area contributed by atoms with Gasteiger partial charge in [-0.3, -0.25) is 14.4 Å². The molecule has 1 aromatic carbocycles. The van der Waals surface area contributed by atoms with Gasteiger partial charge in [0.05, 0.1) is 5.69 Å². The summed E-state index contributed by atoms with van der Waals surface area (Å²) >= 11 is 0. The number of benzene rings is 1. The minimum Gasteiger partial charge on any atom is -0.295 e. The van der Waals surface area contributed by atoms with E-state index in [1.54, 1.807) is 24.3 Å². The van der Waals surface area contributed by atoms with Gasteiger partial charge in [0.2, 0.25) is 0 Å². The van der Waals surface area contributed by atoms with E-state index in [0.29, 0.717) is 11.3 Å². The smallest absolute Gasteiger partial charge is 0.258 e. The molecule has 4 nitrogen and oxygen atoms in total. The first-order valence-corrected chi connectivity index (χ1v) is 4.77. The number of Topliss-reactive ketones (excluding diaryl/α,β-unsaturated/α-hetero) is 1. The van der Waals surface area contributed by atoms with Crippen molar-refractivity contribution < 1.29 is 14.4 Å². The van der Waals surface area contributed by atoms with Gasteiger partial charge in [0, 0.05) is 17.7 Å². The standard InChI is InChI=1S/C12H9NO3/c1-8(14)9-2-4-10(5-3-9)13-11(15)6-7-12(13)16/h2-7H,1H3. The summed E-state index contributed by atoms with van der Waals surface area (Å²) in [4.78, 5) is 34.8. The molecule has 0 radical (unpaired) electrons. The predicted octanol–water partition coefficient (Wildman–Crippen LogP) is 1.32. The van der Waals surface area contributed by atoms with Crippen LogP contribution in [0.3, 0.4) is 0 Å². The number of hydrogen-bond acceptors (Lipinski definition) is 3. The van der Waals surface area contributed by atoms with Crippen LogP contribution in [0.5, 0.6) is 0 Å². The van der Waals surface area contributed by atoms with Gasteiger partial charge in [-0.1, -0.05) is 0 Å². The minimum absolute atomic E-state index is 0.0521. The molecule has 0 saturated heterocycles. The Morgan fingerprint density at radius 3 is 1.94 bits per heavy atom. The van der Waals surface area contributed by atoms with Crippen LogP contribution in [0.25, 0.3) is 0 Å². The topological polar surface area (TPSA) is 54.5 Å². The normalized spacial score (nSPS) is 14.7. The Morgan fingerprint density at radius 2 is 1.50 bits per heavy atom. The van der Waals surface area contributed by atoms with Gasteiger partial charge in [-0.05, 0) is 31.2 Å². The lowest BCUT2D eigenvalue weighted by atomic mass is 10.1. The Bertz CT molecular complexity index is 482. The molecule has 0 bridgehead atoms. The van der Waals surface area contributed by atoms with Crippen molar-refractivity contribution in [2.24, 2.45) is 0 Å². The van der Waals surface area contributed by atoms with Crippen LogP contribution in [0.1, 0.15) is 17.3 Å². The molecule has 1 aromatic rings. The number of anilines is 1. The highest BCUT2D eigenvalue weighted by Crippen LogP contribution is 2.19. The fourth-order valence-electron chi connectivity index (χ4n) is 1.50. The Kier molecular flexibility index (Phi) is 2.40. The zero-order chi connectivity index (χ0) is 11.7. The SMILES string of the molecule is CC(=O)c1ccc(N2C(=O)C=CC2=O)cc1. The van der Waals surface area contributed by atoms with Crippen LogP contribution in [0, 0.1) is 0 Å². The van der Waals surface area contributed by atoms with Crippen LogP contribution >= 0.6 is 0 Å². The van der Waals surface area contributed by atoms with Crippen molar-refractivity contribution in [3.63, 3.8) is 0 Å². The zero-order valence-electron chi connectivity index (χ0n) is 8.64. The van der Waals surface area contributed by atoms with Crippen molar-refractivity contribution in [1.82, 2.24) is 0 Å². The summed E-state index contributed by atoms with van der Waals surface area (Å²) in [6.45, 7) is 1.46. The summed E-state index contributed by atoms with van der Waals surface area (Å²) in [5.74, 6) is -0.773. The lowest BCUT2D eigenvalue weighted by molar-refractivity contribution is -0.119. The number of rotatable bonds is 2. The van der Waals surface area contributed by atoms with Crippen molar-refractivity contribution in [1.29, 1.82) is 0 Å². The second-order valence-electron chi connectivity index (χ2n) is 3.45. The number of imide groups is 1. The van der Waals surface area contributed by atoms with Crippen LogP contribution in [0.15, 0.2) is 36.4 Å².